The van der Waals surface area contributed by atoms with Crippen molar-refractivity contribution in [2.24, 2.45) is 17.3 Å². The minimum Gasteiger partial charge on any atom is -0.481 e. The van der Waals surface area contributed by atoms with Crippen molar-refractivity contribution in [2.45, 2.75) is 32.4 Å². The van der Waals surface area contributed by atoms with Crippen LogP contribution >= 0.6 is 11.8 Å². The third-order valence-corrected chi connectivity index (χ3v) is 5.64. The average Bonchev–Trinajstić information content (AvgIpc) is 2.91. The highest BCUT2D eigenvalue weighted by Crippen LogP contribution is 2.59. The van der Waals surface area contributed by atoms with Gasteiger partial charge in [-0.05, 0) is 11.8 Å². The summed E-state index contributed by atoms with van der Waals surface area (Å²) in [5.74, 6) is -0.645. The predicted octanol–water partition coefficient (Wildman–Crippen LogP) is 1.70. The first-order valence-corrected chi connectivity index (χ1v) is 7.57. The van der Waals surface area contributed by atoms with Crippen LogP contribution < -0.4 is 0 Å². The van der Waals surface area contributed by atoms with E-state index in [0.717, 1.165) is 25.3 Å². The monoisotopic (exact) mass is 271 g/mol. The second kappa shape index (κ2) is 4.76. The van der Waals surface area contributed by atoms with E-state index < -0.39 is 11.9 Å². The molecule has 18 heavy (non-hydrogen) atoms. The maximum atomic E-state index is 12.4. The molecule has 4 nitrogen and oxygen atoms in total. The van der Waals surface area contributed by atoms with E-state index in [4.69, 9.17) is 5.11 Å². The first kappa shape index (κ1) is 13.7. The summed E-state index contributed by atoms with van der Waals surface area (Å²) >= 11 is 1.91. The maximum absolute atomic E-state index is 12.4. The molecule has 1 N–H and O–H groups in total. The Morgan fingerprint density at radius 3 is 2.56 bits per heavy atom. The van der Waals surface area contributed by atoms with Crippen molar-refractivity contribution in [1.29, 1.82) is 0 Å². The summed E-state index contributed by atoms with van der Waals surface area (Å²) in [7, 11) is 0. The van der Waals surface area contributed by atoms with Crippen LogP contribution in [-0.2, 0) is 9.59 Å². The van der Waals surface area contributed by atoms with Gasteiger partial charge in [-0.25, -0.2) is 0 Å². The van der Waals surface area contributed by atoms with E-state index in [1.807, 2.05) is 30.5 Å². The van der Waals surface area contributed by atoms with E-state index >= 15 is 0 Å². The Bertz CT molecular complexity index is 369. The molecular formula is C13H21NO3S. The van der Waals surface area contributed by atoms with Crippen molar-refractivity contribution in [3.05, 3.63) is 0 Å². The zero-order valence-electron chi connectivity index (χ0n) is 11.2. The highest BCUT2D eigenvalue weighted by molar-refractivity contribution is 8.00. The molecule has 0 aromatic carbocycles. The summed E-state index contributed by atoms with van der Waals surface area (Å²) in [5.41, 5.74) is -0.380. The van der Waals surface area contributed by atoms with Crippen molar-refractivity contribution in [1.82, 2.24) is 4.90 Å². The zero-order chi connectivity index (χ0) is 13.5. The van der Waals surface area contributed by atoms with Crippen LogP contribution in [0.2, 0.25) is 0 Å². The number of rotatable bonds is 3. The number of hydrogen-bond acceptors (Lipinski definition) is 3. The van der Waals surface area contributed by atoms with Crippen LogP contribution in [-0.4, -0.2) is 46.0 Å². The number of nitrogens with zero attached hydrogens (tertiary/aromatic N) is 1. The number of carbonyl (C=O) groups excluding carboxylic acids is 1. The van der Waals surface area contributed by atoms with Crippen molar-refractivity contribution in [2.75, 3.05) is 18.8 Å². The molecule has 0 aromatic heterocycles. The van der Waals surface area contributed by atoms with Crippen LogP contribution in [0.1, 0.15) is 27.2 Å². The maximum Gasteiger partial charge on any atom is 0.307 e. The van der Waals surface area contributed by atoms with E-state index in [-0.39, 0.29) is 17.2 Å². The topological polar surface area (TPSA) is 57.6 Å². The lowest BCUT2D eigenvalue weighted by atomic mass is 10.1. The van der Waals surface area contributed by atoms with Crippen LogP contribution in [0.3, 0.4) is 0 Å². The number of carboxylic acids is 1. The lowest BCUT2D eigenvalue weighted by molar-refractivity contribution is -0.142. The van der Waals surface area contributed by atoms with Gasteiger partial charge in [-0.2, -0.15) is 11.8 Å². The van der Waals surface area contributed by atoms with Crippen molar-refractivity contribution in [3.8, 4) is 0 Å². The minimum absolute atomic E-state index is 0.0474. The van der Waals surface area contributed by atoms with Gasteiger partial charge in [-0.3, -0.25) is 9.59 Å². The Labute approximate surface area is 112 Å². The molecule has 1 heterocycles. The summed E-state index contributed by atoms with van der Waals surface area (Å²) in [6.45, 7) is 7.43. The highest BCUT2D eigenvalue weighted by atomic mass is 32.2. The normalized spacial score (nSPS) is 34.2. The zero-order valence-corrected chi connectivity index (χ0v) is 12.0. The summed E-state index contributed by atoms with van der Waals surface area (Å²) in [5, 5.41) is 9.64. The van der Waals surface area contributed by atoms with E-state index in [1.165, 1.54) is 0 Å². The van der Waals surface area contributed by atoms with Gasteiger partial charge in [-0.1, -0.05) is 20.8 Å². The number of hydrogen-bond donors (Lipinski definition) is 1. The van der Waals surface area contributed by atoms with Gasteiger partial charge >= 0.3 is 5.97 Å². The molecule has 1 aliphatic heterocycles. The Kier molecular flexibility index (Phi) is 3.63. The van der Waals surface area contributed by atoms with E-state index in [2.05, 4.69) is 6.92 Å². The third kappa shape index (κ3) is 2.25. The minimum atomic E-state index is -0.836. The summed E-state index contributed by atoms with van der Waals surface area (Å²) in [6.07, 6.45) is 1.06. The van der Waals surface area contributed by atoms with Gasteiger partial charge in [0.2, 0.25) is 5.91 Å². The van der Waals surface area contributed by atoms with Gasteiger partial charge in [0.05, 0.1) is 11.8 Å². The van der Waals surface area contributed by atoms with Crippen LogP contribution in [0.25, 0.3) is 0 Å². The smallest absolute Gasteiger partial charge is 0.307 e. The van der Waals surface area contributed by atoms with E-state index in [1.54, 1.807) is 0 Å². The standard InChI is InChI=1S/C13H21NO3S/c1-4-8-7-14(5-6-18-8)11(15)9-10(12(16)17)13(9,2)3/h8-10H,4-7H2,1-3H3,(H,16,17)/t8?,9-,10+/m1/s1. The molecule has 5 heteroatoms. The van der Waals surface area contributed by atoms with Gasteiger partial charge in [0.15, 0.2) is 0 Å². The second-order valence-electron chi connectivity index (χ2n) is 5.80. The number of amides is 1. The molecule has 0 radical (unpaired) electrons. The molecule has 2 rings (SSSR count). The number of carbonyl (C=O) groups is 2. The molecule has 1 aliphatic carbocycles. The molecular weight excluding hydrogens is 250 g/mol. The Hall–Kier alpha value is -0.710. The molecule has 2 fully saturated rings. The van der Waals surface area contributed by atoms with Gasteiger partial charge in [0, 0.05) is 24.1 Å². The molecule has 0 spiro atoms. The van der Waals surface area contributed by atoms with Crippen LogP contribution in [0.15, 0.2) is 0 Å². The van der Waals surface area contributed by atoms with Gasteiger partial charge in [0.1, 0.15) is 0 Å². The highest BCUT2D eigenvalue weighted by Gasteiger charge is 2.66. The van der Waals surface area contributed by atoms with E-state index in [0.29, 0.717) is 5.25 Å². The average molecular weight is 271 g/mol. The SMILES string of the molecule is CCC1CN(C(=O)[C@H]2[C@@H](C(=O)O)C2(C)C)CCS1. The molecule has 3 atom stereocenters. The first-order chi connectivity index (χ1) is 8.39. The molecule has 0 bridgehead atoms. The largest absolute Gasteiger partial charge is 0.481 e. The summed E-state index contributed by atoms with van der Waals surface area (Å²) in [4.78, 5) is 25.4. The fraction of sp³-hybridized carbons (Fsp3) is 0.846. The van der Waals surface area contributed by atoms with Gasteiger partial charge in [0.25, 0.3) is 0 Å². The Morgan fingerprint density at radius 2 is 2.06 bits per heavy atom. The Balaban J connectivity index is 2.02. The number of thioether (sulfide) groups is 1. The molecule has 1 unspecified atom stereocenters. The van der Waals surface area contributed by atoms with E-state index in [9.17, 15) is 9.59 Å². The molecule has 2 aliphatic rings. The van der Waals surface area contributed by atoms with Crippen LogP contribution in [0.4, 0.5) is 0 Å². The summed E-state index contributed by atoms with van der Waals surface area (Å²) < 4.78 is 0. The summed E-state index contributed by atoms with van der Waals surface area (Å²) in [6, 6.07) is 0. The quantitative estimate of drug-likeness (QED) is 0.849. The molecule has 102 valence electrons. The van der Waals surface area contributed by atoms with Crippen molar-refractivity contribution in [3.63, 3.8) is 0 Å². The Morgan fingerprint density at radius 1 is 1.39 bits per heavy atom. The van der Waals surface area contributed by atoms with Crippen molar-refractivity contribution >= 4 is 23.6 Å². The number of carboxylic acid groups (broad SMARTS) is 1. The molecule has 0 aromatic rings. The first-order valence-electron chi connectivity index (χ1n) is 6.52. The van der Waals surface area contributed by atoms with Crippen LogP contribution in [0, 0.1) is 17.3 Å². The second-order valence-corrected chi connectivity index (χ2v) is 7.21. The molecule has 1 saturated carbocycles. The molecule has 1 amide bonds. The van der Waals surface area contributed by atoms with Gasteiger partial charge < -0.3 is 10.0 Å². The fourth-order valence-electron chi connectivity index (χ4n) is 2.92. The molecule has 1 saturated heterocycles. The predicted molar refractivity (Wildman–Crippen MR) is 71.5 cm³/mol. The third-order valence-electron chi connectivity index (χ3n) is 4.27. The van der Waals surface area contributed by atoms with Gasteiger partial charge in [-0.15, -0.1) is 0 Å². The van der Waals surface area contributed by atoms with Crippen LogP contribution in [0.5, 0.6) is 0 Å². The lowest BCUT2D eigenvalue weighted by Gasteiger charge is -2.32. The van der Waals surface area contributed by atoms with Crippen molar-refractivity contribution < 1.29 is 14.7 Å². The number of aliphatic carboxylic acids is 1. The fourth-order valence-corrected chi connectivity index (χ4v) is 4.10. The lowest BCUT2D eigenvalue weighted by Crippen LogP contribution is -2.43.